The summed E-state index contributed by atoms with van der Waals surface area (Å²) in [7, 11) is 5.11. The Morgan fingerprint density at radius 3 is 2.73 bits per heavy atom. The van der Waals surface area contributed by atoms with Crippen LogP contribution >= 0.6 is 0 Å². The molecule has 4 heteroatoms. The molecule has 4 nitrogen and oxygen atoms in total. The topological polar surface area (TPSA) is 36.3 Å². The van der Waals surface area contributed by atoms with E-state index in [1.807, 2.05) is 13.1 Å². The summed E-state index contributed by atoms with van der Waals surface area (Å²) in [5.74, 6) is 0.625. The summed E-state index contributed by atoms with van der Waals surface area (Å²) >= 11 is 0. The Morgan fingerprint density at radius 1 is 1.55 bits per heavy atom. The van der Waals surface area contributed by atoms with Gasteiger partial charge in [-0.05, 0) is 0 Å². The molecular weight excluding hydrogens is 144 g/mol. The monoisotopic (exact) mass is 156 g/mol. The molecule has 0 radical (unpaired) electrons. The van der Waals surface area contributed by atoms with Crippen LogP contribution in [0.5, 0.6) is 5.88 Å². The summed E-state index contributed by atoms with van der Waals surface area (Å²) in [5, 5.41) is 4.06. The zero-order chi connectivity index (χ0) is 8.27. The van der Waals surface area contributed by atoms with Crippen LogP contribution in [0.25, 0.3) is 0 Å². The number of rotatable bonds is 3. The van der Waals surface area contributed by atoms with Crippen molar-refractivity contribution in [1.82, 2.24) is 9.78 Å². The van der Waals surface area contributed by atoms with Crippen molar-refractivity contribution in [1.29, 1.82) is 0 Å². The third kappa shape index (κ3) is 1.71. The van der Waals surface area contributed by atoms with Crippen LogP contribution in [0.4, 0.5) is 0 Å². The van der Waals surface area contributed by atoms with E-state index in [9.17, 15) is 0 Å². The van der Waals surface area contributed by atoms with Crippen LogP contribution in [0.1, 0.15) is 5.69 Å². The maximum atomic E-state index is 4.95. The molecule has 11 heavy (non-hydrogen) atoms. The van der Waals surface area contributed by atoms with Crippen molar-refractivity contribution in [3.8, 4) is 5.88 Å². The van der Waals surface area contributed by atoms with Crippen LogP contribution < -0.4 is 4.74 Å². The van der Waals surface area contributed by atoms with E-state index in [2.05, 4.69) is 5.10 Å². The van der Waals surface area contributed by atoms with Crippen LogP contribution in [0.3, 0.4) is 0 Å². The SMILES string of the molecule is COCc1cc(OC)nn1C. The van der Waals surface area contributed by atoms with Gasteiger partial charge in [-0.2, -0.15) is 0 Å². The maximum absolute atomic E-state index is 4.95. The lowest BCUT2D eigenvalue weighted by atomic mass is 10.4. The lowest BCUT2D eigenvalue weighted by Gasteiger charge is -1.96. The Balaban J connectivity index is 2.79. The van der Waals surface area contributed by atoms with Gasteiger partial charge in [-0.15, -0.1) is 5.10 Å². The number of methoxy groups -OCH3 is 2. The molecule has 1 rings (SSSR count). The van der Waals surface area contributed by atoms with Crippen LogP contribution in [0, 0.1) is 0 Å². The van der Waals surface area contributed by atoms with Crippen molar-refractivity contribution in [2.45, 2.75) is 6.61 Å². The van der Waals surface area contributed by atoms with E-state index >= 15 is 0 Å². The number of nitrogens with zero attached hydrogens (tertiary/aromatic N) is 2. The zero-order valence-electron chi connectivity index (χ0n) is 7.00. The molecule has 1 aromatic heterocycles. The maximum Gasteiger partial charge on any atom is 0.232 e. The predicted molar refractivity (Wildman–Crippen MR) is 40.5 cm³/mol. The molecule has 0 unspecified atom stereocenters. The van der Waals surface area contributed by atoms with Crippen molar-refractivity contribution in [3.63, 3.8) is 0 Å². The van der Waals surface area contributed by atoms with Gasteiger partial charge >= 0.3 is 0 Å². The largest absolute Gasteiger partial charge is 0.480 e. The summed E-state index contributed by atoms with van der Waals surface area (Å²) in [6, 6.07) is 1.85. The molecule has 0 bridgehead atoms. The minimum absolute atomic E-state index is 0.562. The van der Waals surface area contributed by atoms with E-state index in [4.69, 9.17) is 9.47 Å². The Bertz CT molecular complexity index is 232. The molecule has 62 valence electrons. The normalized spacial score (nSPS) is 10.1. The number of aromatic nitrogens is 2. The molecule has 0 amide bonds. The smallest absolute Gasteiger partial charge is 0.232 e. The average molecular weight is 156 g/mol. The lowest BCUT2D eigenvalue weighted by Crippen LogP contribution is -1.98. The van der Waals surface area contributed by atoms with E-state index in [0.717, 1.165) is 5.69 Å². The van der Waals surface area contributed by atoms with Crippen molar-refractivity contribution in [2.75, 3.05) is 14.2 Å². The van der Waals surface area contributed by atoms with Crippen LogP contribution in [0.2, 0.25) is 0 Å². The van der Waals surface area contributed by atoms with Crippen molar-refractivity contribution in [2.24, 2.45) is 7.05 Å². The second kappa shape index (κ2) is 3.39. The molecule has 1 heterocycles. The predicted octanol–water partition coefficient (Wildman–Crippen LogP) is 0.575. The molecule has 1 aromatic rings. The van der Waals surface area contributed by atoms with Gasteiger partial charge in [-0.1, -0.05) is 0 Å². The Kier molecular flexibility index (Phi) is 2.48. The van der Waals surface area contributed by atoms with Crippen LogP contribution in [-0.2, 0) is 18.4 Å². The summed E-state index contributed by atoms with van der Waals surface area (Å²) in [5.41, 5.74) is 1.00. The third-order valence-corrected chi connectivity index (χ3v) is 1.46. The Labute approximate surface area is 65.7 Å². The number of ether oxygens (including phenoxy) is 2. The van der Waals surface area contributed by atoms with Gasteiger partial charge in [0, 0.05) is 20.2 Å². The first-order valence-electron chi connectivity index (χ1n) is 3.33. The Morgan fingerprint density at radius 2 is 2.27 bits per heavy atom. The van der Waals surface area contributed by atoms with Crippen molar-refractivity contribution >= 4 is 0 Å². The van der Waals surface area contributed by atoms with Gasteiger partial charge in [0.2, 0.25) is 5.88 Å². The molecule has 0 aromatic carbocycles. The second-order valence-electron chi connectivity index (χ2n) is 2.23. The van der Waals surface area contributed by atoms with E-state index in [0.29, 0.717) is 12.5 Å². The molecule has 0 fully saturated rings. The summed E-state index contributed by atoms with van der Waals surface area (Å²) in [4.78, 5) is 0. The quantitative estimate of drug-likeness (QED) is 0.642. The molecule has 0 saturated heterocycles. The number of hydrogen-bond acceptors (Lipinski definition) is 3. The van der Waals surface area contributed by atoms with Gasteiger partial charge < -0.3 is 9.47 Å². The fourth-order valence-electron chi connectivity index (χ4n) is 0.860. The fraction of sp³-hybridized carbons (Fsp3) is 0.571. The summed E-state index contributed by atoms with van der Waals surface area (Å²) in [6.45, 7) is 0.562. The van der Waals surface area contributed by atoms with E-state index in [1.54, 1.807) is 18.9 Å². The fourth-order valence-corrected chi connectivity index (χ4v) is 0.860. The minimum Gasteiger partial charge on any atom is -0.480 e. The van der Waals surface area contributed by atoms with Gasteiger partial charge in [0.25, 0.3) is 0 Å². The molecule has 0 spiro atoms. The second-order valence-corrected chi connectivity index (χ2v) is 2.23. The van der Waals surface area contributed by atoms with E-state index in [1.165, 1.54) is 0 Å². The highest BCUT2D eigenvalue weighted by Gasteiger charge is 2.02. The Hall–Kier alpha value is -1.03. The van der Waals surface area contributed by atoms with E-state index in [-0.39, 0.29) is 0 Å². The van der Waals surface area contributed by atoms with Gasteiger partial charge in [0.15, 0.2) is 0 Å². The van der Waals surface area contributed by atoms with Gasteiger partial charge in [0.05, 0.1) is 19.4 Å². The standard InChI is InChI=1S/C7H12N2O2/c1-9-6(5-10-2)4-7(8-9)11-3/h4H,5H2,1-3H3. The molecule has 0 N–H and O–H groups in total. The average Bonchev–Trinajstić information content (AvgIpc) is 2.33. The van der Waals surface area contributed by atoms with Crippen molar-refractivity contribution < 1.29 is 9.47 Å². The molecule has 0 saturated carbocycles. The summed E-state index contributed by atoms with van der Waals surface area (Å²) < 4.78 is 11.6. The number of aryl methyl sites for hydroxylation is 1. The third-order valence-electron chi connectivity index (χ3n) is 1.46. The highest BCUT2D eigenvalue weighted by molar-refractivity contribution is 5.14. The summed E-state index contributed by atoms with van der Waals surface area (Å²) in [6.07, 6.45) is 0. The molecule has 0 aliphatic heterocycles. The first-order valence-corrected chi connectivity index (χ1v) is 3.33. The molecule has 0 aliphatic rings. The molecular formula is C7H12N2O2. The first-order chi connectivity index (χ1) is 5.27. The molecule has 0 atom stereocenters. The first kappa shape index (κ1) is 8.07. The zero-order valence-corrected chi connectivity index (χ0v) is 7.00. The van der Waals surface area contributed by atoms with Crippen LogP contribution in [-0.4, -0.2) is 24.0 Å². The minimum atomic E-state index is 0.562. The highest BCUT2D eigenvalue weighted by atomic mass is 16.5. The highest BCUT2D eigenvalue weighted by Crippen LogP contribution is 2.10. The van der Waals surface area contributed by atoms with Gasteiger partial charge in [-0.3, -0.25) is 4.68 Å². The van der Waals surface area contributed by atoms with Gasteiger partial charge in [0.1, 0.15) is 0 Å². The molecule has 0 aliphatic carbocycles. The van der Waals surface area contributed by atoms with Crippen LogP contribution in [0.15, 0.2) is 6.07 Å². The lowest BCUT2D eigenvalue weighted by molar-refractivity contribution is 0.178. The number of hydrogen-bond donors (Lipinski definition) is 0. The van der Waals surface area contributed by atoms with E-state index < -0.39 is 0 Å². The van der Waals surface area contributed by atoms with Crippen molar-refractivity contribution in [3.05, 3.63) is 11.8 Å². The van der Waals surface area contributed by atoms with Gasteiger partial charge in [-0.25, -0.2) is 0 Å².